The summed E-state index contributed by atoms with van der Waals surface area (Å²) in [7, 11) is -1.19. The molecule has 0 aromatic rings. The molecule has 1 amide bonds. The second kappa shape index (κ2) is 6.42. The lowest BCUT2D eigenvalue weighted by molar-refractivity contribution is -0.130. The molecular weight excluding hydrogens is 375 g/mol. The van der Waals surface area contributed by atoms with E-state index >= 15 is 0 Å². The van der Waals surface area contributed by atoms with Crippen LogP contribution in [0.5, 0.6) is 0 Å². The van der Waals surface area contributed by atoms with Gasteiger partial charge in [0.05, 0.1) is 0 Å². The van der Waals surface area contributed by atoms with Crippen molar-refractivity contribution < 1.29 is 23.2 Å². The molecule has 1 aliphatic heterocycles. The normalized spacial score (nSPS) is 28.9. The number of nitrogens with zero attached hydrogens (tertiary/aromatic N) is 1. The monoisotopic (exact) mass is 389 g/mol. The number of carbonyl (C=O) groups excluding carboxylic acids is 2. The van der Waals surface area contributed by atoms with Crippen molar-refractivity contribution in [2.45, 2.75) is 16.0 Å². The molecule has 1 aliphatic carbocycles. The first-order valence-electron chi connectivity index (χ1n) is 6.44. The van der Waals surface area contributed by atoms with Crippen LogP contribution in [0.3, 0.4) is 0 Å². The number of fused-ring (bicyclic) bond motifs is 1. The molecule has 10 heteroatoms. The van der Waals surface area contributed by atoms with Crippen molar-refractivity contribution in [2.24, 2.45) is 11.8 Å². The summed E-state index contributed by atoms with van der Waals surface area (Å²) in [6, 6.07) is 0. The fourth-order valence-electron chi connectivity index (χ4n) is 2.97. The molecule has 0 bridgehead atoms. The van der Waals surface area contributed by atoms with E-state index in [4.69, 9.17) is 43.9 Å². The predicted octanol–water partition coefficient (Wildman–Crippen LogP) is 2.77. The Morgan fingerprint density at radius 3 is 2.45 bits per heavy atom. The summed E-state index contributed by atoms with van der Waals surface area (Å²) in [6.07, 6.45) is 3.26. The Kier molecular flexibility index (Phi) is 5.32. The van der Waals surface area contributed by atoms with Gasteiger partial charge in [0.25, 0.3) is 9.70 Å². The van der Waals surface area contributed by atoms with Gasteiger partial charge in [0.2, 0.25) is 0 Å². The molecule has 0 saturated carbocycles. The smallest absolute Gasteiger partial charge is 0.323 e. The zero-order chi connectivity index (χ0) is 16.7. The zero-order valence-corrected chi connectivity index (χ0v) is 15.0. The third kappa shape index (κ3) is 3.23. The van der Waals surface area contributed by atoms with Crippen LogP contribution in [0.2, 0.25) is 0 Å². The molecule has 0 spiro atoms. The average Bonchev–Trinajstić information content (AvgIpc) is 2.83. The van der Waals surface area contributed by atoms with Crippen LogP contribution in [0.1, 0.15) is 6.42 Å². The van der Waals surface area contributed by atoms with Crippen molar-refractivity contribution in [3.8, 4) is 0 Å². The number of halogens is 3. The van der Waals surface area contributed by atoms with E-state index < -0.39 is 23.1 Å². The molecule has 2 aliphatic rings. The number of hydrogen-bond acceptors (Lipinski definition) is 5. The average molecular weight is 391 g/mol. The highest BCUT2D eigenvalue weighted by Crippen LogP contribution is 2.60. The SMILES string of the molecule is COP(=O)(OC)[C@H]1C2C=CC(=O)C[C@H]2CN1C(=O)C(Cl)(Cl)Cl. The van der Waals surface area contributed by atoms with Crippen LogP contribution < -0.4 is 0 Å². The number of alkyl halides is 3. The topological polar surface area (TPSA) is 72.9 Å². The van der Waals surface area contributed by atoms with Crippen molar-refractivity contribution in [3.63, 3.8) is 0 Å². The van der Waals surface area contributed by atoms with Gasteiger partial charge >= 0.3 is 7.60 Å². The van der Waals surface area contributed by atoms with Gasteiger partial charge in [0, 0.05) is 33.1 Å². The van der Waals surface area contributed by atoms with Gasteiger partial charge in [-0.2, -0.15) is 0 Å². The first kappa shape index (κ1) is 18.2. The van der Waals surface area contributed by atoms with Gasteiger partial charge in [-0.1, -0.05) is 40.9 Å². The number of allylic oxidation sites excluding steroid dienone is 1. The number of rotatable bonds is 3. The number of likely N-dealkylation sites (tertiary alicyclic amines) is 1. The highest BCUT2D eigenvalue weighted by Gasteiger charge is 2.56. The van der Waals surface area contributed by atoms with Gasteiger partial charge < -0.3 is 13.9 Å². The van der Waals surface area contributed by atoms with Crippen LogP contribution in [0.15, 0.2) is 12.2 Å². The van der Waals surface area contributed by atoms with Crippen molar-refractivity contribution in [3.05, 3.63) is 12.2 Å². The van der Waals surface area contributed by atoms with E-state index in [0.29, 0.717) is 0 Å². The van der Waals surface area contributed by atoms with E-state index in [0.717, 1.165) is 0 Å². The first-order valence-corrected chi connectivity index (χ1v) is 9.18. The van der Waals surface area contributed by atoms with Gasteiger partial charge in [-0.3, -0.25) is 14.2 Å². The fraction of sp³-hybridized carbons (Fsp3) is 0.667. The van der Waals surface area contributed by atoms with Gasteiger partial charge in [0.1, 0.15) is 5.78 Å². The Hall–Kier alpha value is -0.100. The van der Waals surface area contributed by atoms with Crippen LogP contribution in [0, 0.1) is 11.8 Å². The molecule has 2 rings (SSSR count). The molecule has 22 heavy (non-hydrogen) atoms. The predicted molar refractivity (Wildman–Crippen MR) is 83.2 cm³/mol. The maximum Gasteiger partial charge on any atom is 0.353 e. The van der Waals surface area contributed by atoms with Crippen molar-refractivity contribution >= 4 is 54.1 Å². The van der Waals surface area contributed by atoms with E-state index in [1.165, 1.54) is 25.2 Å². The van der Waals surface area contributed by atoms with Gasteiger partial charge in [-0.25, -0.2) is 0 Å². The minimum Gasteiger partial charge on any atom is -0.323 e. The van der Waals surface area contributed by atoms with Crippen LogP contribution in [0.4, 0.5) is 0 Å². The molecule has 3 atom stereocenters. The van der Waals surface area contributed by atoms with E-state index in [1.807, 2.05) is 0 Å². The Morgan fingerprint density at radius 1 is 1.36 bits per heavy atom. The standard InChI is InChI=1S/C12H15Cl3NO5P/c1-20-22(19,21-2)10-9-4-3-8(17)5-7(9)6-16(10)11(18)12(13,14)15/h3-4,7,9-10H,5-6H2,1-2H3/t7-,9?,10-/m0/s1. The van der Waals surface area contributed by atoms with Crippen molar-refractivity contribution in [1.82, 2.24) is 4.90 Å². The summed E-state index contributed by atoms with van der Waals surface area (Å²) >= 11 is 17.0. The minimum absolute atomic E-state index is 0.0622. The van der Waals surface area contributed by atoms with E-state index in [1.54, 1.807) is 6.08 Å². The zero-order valence-electron chi connectivity index (χ0n) is 11.9. The summed E-state index contributed by atoms with van der Waals surface area (Å²) in [4.78, 5) is 25.1. The van der Waals surface area contributed by atoms with E-state index in [9.17, 15) is 14.2 Å². The van der Waals surface area contributed by atoms with E-state index in [2.05, 4.69) is 0 Å². The number of hydrogen-bond donors (Lipinski definition) is 0. The fourth-order valence-corrected chi connectivity index (χ4v) is 5.19. The summed E-state index contributed by atoms with van der Waals surface area (Å²) < 4.78 is 20.7. The highest BCUT2D eigenvalue weighted by molar-refractivity contribution is 7.54. The quantitative estimate of drug-likeness (QED) is 0.547. The minimum atomic E-state index is -3.65. The number of amides is 1. The van der Waals surface area contributed by atoms with Crippen LogP contribution in [-0.4, -0.2) is 46.9 Å². The summed E-state index contributed by atoms with van der Waals surface area (Å²) in [5.41, 5.74) is 0. The largest absolute Gasteiger partial charge is 0.353 e. The maximum absolute atomic E-state index is 12.8. The molecule has 0 aromatic heterocycles. The molecule has 1 heterocycles. The van der Waals surface area contributed by atoms with Crippen molar-refractivity contribution in [1.29, 1.82) is 0 Å². The Balaban J connectivity index is 2.45. The lowest BCUT2D eigenvalue weighted by Crippen LogP contribution is -2.44. The molecule has 1 fully saturated rings. The first-order chi connectivity index (χ1) is 10.1. The third-order valence-corrected chi connectivity index (χ3v) is 6.72. The second-order valence-corrected chi connectivity index (χ2v) is 9.76. The summed E-state index contributed by atoms with van der Waals surface area (Å²) in [5, 5.41) is 0. The molecular formula is C12H15Cl3NO5P. The molecule has 6 nitrogen and oxygen atoms in total. The van der Waals surface area contributed by atoms with Crippen LogP contribution in [0.25, 0.3) is 0 Å². The Labute approximate surface area is 143 Å². The van der Waals surface area contributed by atoms with Gasteiger partial charge in [0.15, 0.2) is 5.78 Å². The highest BCUT2D eigenvalue weighted by atomic mass is 35.6. The summed E-state index contributed by atoms with van der Waals surface area (Å²) in [5.74, 6) is -2.38. The van der Waals surface area contributed by atoms with Gasteiger partial charge in [-0.15, -0.1) is 0 Å². The molecule has 0 N–H and O–H groups in total. The lowest BCUT2D eigenvalue weighted by Gasteiger charge is -2.33. The third-order valence-electron chi connectivity index (χ3n) is 3.94. The van der Waals surface area contributed by atoms with Gasteiger partial charge in [-0.05, 0) is 12.0 Å². The van der Waals surface area contributed by atoms with E-state index in [-0.39, 0.29) is 30.6 Å². The summed E-state index contributed by atoms with van der Waals surface area (Å²) in [6.45, 7) is 0.148. The van der Waals surface area contributed by atoms with Crippen LogP contribution in [-0.2, 0) is 23.2 Å². The Bertz CT molecular complexity index is 553. The molecule has 0 radical (unpaired) electrons. The molecule has 124 valence electrons. The van der Waals surface area contributed by atoms with Crippen molar-refractivity contribution in [2.75, 3.05) is 20.8 Å². The number of carbonyl (C=O) groups is 2. The second-order valence-electron chi connectivity index (χ2n) is 5.14. The number of ketones is 1. The molecule has 1 saturated heterocycles. The lowest BCUT2D eigenvalue weighted by atomic mass is 9.86. The molecule has 0 aromatic carbocycles. The Morgan fingerprint density at radius 2 is 1.95 bits per heavy atom. The molecule has 1 unspecified atom stereocenters. The maximum atomic E-state index is 12.8. The van der Waals surface area contributed by atoms with Crippen LogP contribution >= 0.6 is 42.4 Å².